The standard InChI is InChI=1S/C10H12O3S/c1-2-10(12)13-8(5-6-11)9-4-3-7-14-9/h2-4,7-8,11H,1,5-6H2. The highest BCUT2D eigenvalue weighted by Gasteiger charge is 2.15. The van der Waals surface area contributed by atoms with E-state index in [0.29, 0.717) is 6.42 Å². The third kappa shape index (κ3) is 2.97. The number of aliphatic hydroxyl groups excluding tert-OH is 1. The van der Waals surface area contributed by atoms with E-state index in [4.69, 9.17) is 9.84 Å². The molecular weight excluding hydrogens is 200 g/mol. The van der Waals surface area contributed by atoms with Gasteiger partial charge in [0, 0.05) is 24.0 Å². The molecule has 0 saturated heterocycles. The number of carbonyl (C=O) groups excluding carboxylic acids is 1. The lowest BCUT2D eigenvalue weighted by Crippen LogP contribution is -2.09. The molecule has 0 aliphatic carbocycles. The average molecular weight is 212 g/mol. The van der Waals surface area contributed by atoms with Crippen molar-refractivity contribution in [1.82, 2.24) is 0 Å². The highest BCUT2D eigenvalue weighted by Crippen LogP contribution is 2.25. The van der Waals surface area contributed by atoms with E-state index >= 15 is 0 Å². The van der Waals surface area contributed by atoms with Gasteiger partial charge in [0.15, 0.2) is 0 Å². The lowest BCUT2D eigenvalue weighted by molar-refractivity contribution is -0.143. The van der Waals surface area contributed by atoms with Crippen LogP contribution in [0.5, 0.6) is 0 Å². The first-order valence-corrected chi connectivity index (χ1v) is 5.13. The summed E-state index contributed by atoms with van der Waals surface area (Å²) in [7, 11) is 0. The van der Waals surface area contributed by atoms with E-state index in [1.807, 2.05) is 17.5 Å². The first-order chi connectivity index (χ1) is 6.77. The first-order valence-electron chi connectivity index (χ1n) is 4.25. The van der Waals surface area contributed by atoms with Crippen LogP contribution in [0, 0.1) is 0 Å². The summed E-state index contributed by atoms with van der Waals surface area (Å²) in [5.74, 6) is -0.461. The Kier molecular flexibility index (Phi) is 4.35. The highest BCUT2D eigenvalue weighted by molar-refractivity contribution is 7.10. The number of hydrogen-bond donors (Lipinski definition) is 1. The van der Waals surface area contributed by atoms with E-state index < -0.39 is 5.97 Å². The Morgan fingerprint density at radius 1 is 1.79 bits per heavy atom. The molecule has 1 heterocycles. The molecule has 0 spiro atoms. The molecule has 3 nitrogen and oxygen atoms in total. The van der Waals surface area contributed by atoms with Crippen molar-refractivity contribution < 1.29 is 14.6 Å². The van der Waals surface area contributed by atoms with Gasteiger partial charge in [0.05, 0.1) is 0 Å². The minimum Gasteiger partial charge on any atom is -0.453 e. The Morgan fingerprint density at radius 2 is 2.57 bits per heavy atom. The summed E-state index contributed by atoms with van der Waals surface area (Å²) in [6.45, 7) is 3.31. The third-order valence-electron chi connectivity index (χ3n) is 1.68. The van der Waals surface area contributed by atoms with Crippen molar-refractivity contribution in [1.29, 1.82) is 0 Å². The molecule has 0 aliphatic rings. The molecule has 0 amide bonds. The van der Waals surface area contributed by atoms with E-state index in [2.05, 4.69) is 6.58 Å². The van der Waals surface area contributed by atoms with Gasteiger partial charge in [-0.2, -0.15) is 0 Å². The van der Waals surface area contributed by atoms with Gasteiger partial charge in [-0.15, -0.1) is 11.3 Å². The van der Waals surface area contributed by atoms with Crippen molar-refractivity contribution in [2.45, 2.75) is 12.5 Å². The zero-order valence-electron chi connectivity index (χ0n) is 7.68. The molecule has 0 fully saturated rings. The Labute approximate surface area is 86.6 Å². The largest absolute Gasteiger partial charge is 0.453 e. The smallest absolute Gasteiger partial charge is 0.330 e. The molecule has 1 aromatic rings. The summed E-state index contributed by atoms with van der Waals surface area (Å²) in [4.78, 5) is 11.9. The molecule has 0 saturated carbocycles. The van der Waals surface area contributed by atoms with Crippen LogP contribution in [0.3, 0.4) is 0 Å². The summed E-state index contributed by atoms with van der Waals surface area (Å²) < 4.78 is 5.08. The van der Waals surface area contributed by atoms with Gasteiger partial charge in [0.2, 0.25) is 0 Å². The maximum atomic E-state index is 11.0. The normalized spacial score (nSPS) is 12.1. The van der Waals surface area contributed by atoms with E-state index in [1.54, 1.807) is 0 Å². The second kappa shape index (κ2) is 5.57. The molecular formula is C10H12O3S. The SMILES string of the molecule is C=CC(=O)OC(CCO)c1cccs1. The van der Waals surface area contributed by atoms with Crippen molar-refractivity contribution in [3.05, 3.63) is 35.0 Å². The quantitative estimate of drug-likeness (QED) is 0.599. The zero-order valence-corrected chi connectivity index (χ0v) is 8.50. The molecule has 4 heteroatoms. The second-order valence-electron chi connectivity index (χ2n) is 2.66. The predicted molar refractivity (Wildman–Crippen MR) is 55.1 cm³/mol. The topological polar surface area (TPSA) is 46.5 Å². The lowest BCUT2D eigenvalue weighted by atomic mass is 10.2. The molecule has 0 bridgehead atoms. The van der Waals surface area contributed by atoms with Gasteiger partial charge in [-0.05, 0) is 11.4 Å². The molecule has 0 aliphatic heterocycles. The number of ether oxygens (including phenoxy) is 1. The van der Waals surface area contributed by atoms with Crippen molar-refractivity contribution in [2.75, 3.05) is 6.61 Å². The van der Waals surface area contributed by atoms with Crippen LogP contribution in [0.1, 0.15) is 17.4 Å². The van der Waals surface area contributed by atoms with Crippen LogP contribution < -0.4 is 0 Å². The van der Waals surface area contributed by atoms with E-state index in [9.17, 15) is 4.79 Å². The molecule has 0 radical (unpaired) electrons. The van der Waals surface area contributed by atoms with Gasteiger partial charge in [-0.3, -0.25) is 0 Å². The van der Waals surface area contributed by atoms with Crippen LogP contribution in [0.2, 0.25) is 0 Å². The summed E-state index contributed by atoms with van der Waals surface area (Å²) in [6.07, 6.45) is 1.18. The number of carbonyl (C=O) groups is 1. The minimum absolute atomic E-state index is 0.00695. The Balaban J connectivity index is 2.64. The van der Waals surface area contributed by atoms with Crippen LogP contribution in [0.4, 0.5) is 0 Å². The predicted octanol–water partition coefficient (Wildman–Crippen LogP) is 1.90. The van der Waals surface area contributed by atoms with Gasteiger partial charge in [0.1, 0.15) is 6.10 Å². The van der Waals surface area contributed by atoms with E-state index in [0.717, 1.165) is 11.0 Å². The molecule has 1 atom stereocenters. The van der Waals surface area contributed by atoms with Gasteiger partial charge < -0.3 is 9.84 Å². The van der Waals surface area contributed by atoms with Crippen LogP contribution >= 0.6 is 11.3 Å². The molecule has 0 aromatic carbocycles. The van der Waals surface area contributed by atoms with Crippen LogP contribution in [-0.2, 0) is 9.53 Å². The summed E-state index contributed by atoms with van der Waals surface area (Å²) in [6, 6.07) is 3.76. The fraction of sp³-hybridized carbons (Fsp3) is 0.300. The van der Waals surface area contributed by atoms with Crippen molar-refractivity contribution in [3.63, 3.8) is 0 Å². The lowest BCUT2D eigenvalue weighted by Gasteiger charge is -2.13. The Morgan fingerprint density at radius 3 is 3.07 bits per heavy atom. The van der Waals surface area contributed by atoms with Gasteiger partial charge in [0.25, 0.3) is 0 Å². The molecule has 1 rings (SSSR count). The minimum atomic E-state index is -0.461. The highest BCUT2D eigenvalue weighted by atomic mass is 32.1. The second-order valence-corrected chi connectivity index (χ2v) is 3.64. The fourth-order valence-corrected chi connectivity index (χ4v) is 1.83. The summed E-state index contributed by atoms with van der Waals surface area (Å²) in [5, 5.41) is 10.7. The molecule has 14 heavy (non-hydrogen) atoms. The molecule has 1 N–H and O–H groups in total. The maximum absolute atomic E-state index is 11.0. The number of hydrogen-bond acceptors (Lipinski definition) is 4. The summed E-state index contributed by atoms with van der Waals surface area (Å²) >= 11 is 1.50. The fourth-order valence-electron chi connectivity index (χ4n) is 1.04. The van der Waals surface area contributed by atoms with E-state index in [1.165, 1.54) is 11.3 Å². The number of rotatable bonds is 5. The van der Waals surface area contributed by atoms with Gasteiger partial charge in [-0.25, -0.2) is 4.79 Å². The Bertz CT molecular complexity index is 292. The summed E-state index contributed by atoms with van der Waals surface area (Å²) in [5.41, 5.74) is 0. The van der Waals surface area contributed by atoms with Gasteiger partial charge >= 0.3 is 5.97 Å². The third-order valence-corrected chi connectivity index (χ3v) is 2.64. The van der Waals surface area contributed by atoms with Crippen LogP contribution in [0.15, 0.2) is 30.2 Å². The zero-order chi connectivity index (χ0) is 10.4. The average Bonchev–Trinajstić information content (AvgIpc) is 2.69. The monoisotopic (exact) mass is 212 g/mol. The molecule has 1 aromatic heterocycles. The van der Waals surface area contributed by atoms with Crippen LogP contribution in [-0.4, -0.2) is 17.7 Å². The van der Waals surface area contributed by atoms with Crippen molar-refractivity contribution in [2.24, 2.45) is 0 Å². The first kappa shape index (κ1) is 10.9. The van der Waals surface area contributed by atoms with Crippen molar-refractivity contribution >= 4 is 17.3 Å². The maximum Gasteiger partial charge on any atom is 0.330 e. The number of esters is 1. The molecule has 76 valence electrons. The Hall–Kier alpha value is -1.13. The van der Waals surface area contributed by atoms with Gasteiger partial charge in [-0.1, -0.05) is 12.6 Å². The van der Waals surface area contributed by atoms with E-state index in [-0.39, 0.29) is 12.7 Å². The number of aliphatic hydroxyl groups is 1. The molecule has 1 unspecified atom stereocenters. The number of thiophene rings is 1. The van der Waals surface area contributed by atoms with Crippen LogP contribution in [0.25, 0.3) is 0 Å². The van der Waals surface area contributed by atoms with Crippen molar-refractivity contribution in [3.8, 4) is 0 Å².